The predicted molar refractivity (Wildman–Crippen MR) is 88.2 cm³/mol. The molecule has 1 aromatic rings. The monoisotopic (exact) mass is 313 g/mol. The van der Waals surface area contributed by atoms with Crippen molar-refractivity contribution in [1.29, 1.82) is 0 Å². The van der Waals surface area contributed by atoms with Crippen molar-refractivity contribution >= 4 is 15.7 Å². The average molecular weight is 313 g/mol. The van der Waals surface area contributed by atoms with Crippen molar-refractivity contribution in [3.05, 3.63) is 24.3 Å². The highest BCUT2D eigenvalue weighted by Gasteiger charge is 2.18. The molecule has 0 saturated heterocycles. The summed E-state index contributed by atoms with van der Waals surface area (Å²) in [5, 5.41) is 3.31. The molecule has 0 saturated carbocycles. The van der Waals surface area contributed by atoms with Crippen LogP contribution in [0.5, 0.6) is 0 Å². The molecule has 1 unspecified atom stereocenters. The Morgan fingerprint density at radius 3 is 2.33 bits per heavy atom. The molecule has 0 amide bonds. The van der Waals surface area contributed by atoms with E-state index in [1.54, 1.807) is 19.1 Å². The second-order valence-corrected chi connectivity index (χ2v) is 6.76. The van der Waals surface area contributed by atoms with Crippen LogP contribution >= 0.6 is 0 Å². The Morgan fingerprint density at radius 2 is 1.76 bits per heavy atom. The summed E-state index contributed by atoms with van der Waals surface area (Å²) in [7, 11) is -3.45. The van der Waals surface area contributed by atoms with E-state index in [2.05, 4.69) is 35.7 Å². The van der Waals surface area contributed by atoms with Gasteiger partial charge in [0.05, 0.1) is 5.69 Å². The number of hydrogen-bond acceptors (Lipinski definition) is 4. The molecule has 0 aliphatic carbocycles. The molecule has 1 atom stereocenters. The Kier molecular flexibility index (Phi) is 7.14. The minimum absolute atomic E-state index is 0.169. The van der Waals surface area contributed by atoms with Crippen LogP contribution in [-0.2, 0) is 10.0 Å². The van der Waals surface area contributed by atoms with E-state index in [1.165, 1.54) is 0 Å². The topological polar surface area (TPSA) is 61.4 Å². The van der Waals surface area contributed by atoms with Crippen LogP contribution in [-0.4, -0.2) is 45.5 Å². The molecule has 6 heteroatoms. The molecule has 0 spiro atoms. The first-order valence-corrected chi connectivity index (χ1v) is 9.00. The molecule has 0 fully saturated rings. The Bertz CT molecular complexity index is 527. The molecule has 0 aliphatic heterocycles. The van der Waals surface area contributed by atoms with Gasteiger partial charge in [0, 0.05) is 19.1 Å². The Balaban J connectivity index is 2.89. The lowest BCUT2D eigenvalue weighted by Gasteiger charge is -2.25. The van der Waals surface area contributed by atoms with Crippen LogP contribution in [0.15, 0.2) is 29.2 Å². The first-order valence-electron chi connectivity index (χ1n) is 7.52. The summed E-state index contributed by atoms with van der Waals surface area (Å²) in [6, 6.07) is 7.19. The molecule has 21 heavy (non-hydrogen) atoms. The average Bonchev–Trinajstić information content (AvgIpc) is 2.45. The molecule has 0 bridgehead atoms. The van der Waals surface area contributed by atoms with Gasteiger partial charge >= 0.3 is 0 Å². The van der Waals surface area contributed by atoms with Crippen molar-refractivity contribution in [2.45, 2.75) is 38.6 Å². The van der Waals surface area contributed by atoms with Gasteiger partial charge in [-0.05, 0) is 32.1 Å². The fourth-order valence-corrected chi connectivity index (χ4v) is 3.48. The van der Waals surface area contributed by atoms with E-state index in [4.69, 9.17) is 0 Å². The summed E-state index contributed by atoms with van der Waals surface area (Å²) in [6.45, 7) is 11.3. The van der Waals surface area contributed by atoms with Crippen molar-refractivity contribution in [3.63, 3.8) is 0 Å². The van der Waals surface area contributed by atoms with E-state index in [0.717, 1.165) is 19.6 Å². The summed E-state index contributed by atoms with van der Waals surface area (Å²) in [5.74, 6) is 0. The number of nitrogens with zero attached hydrogens (tertiary/aromatic N) is 1. The van der Waals surface area contributed by atoms with Gasteiger partial charge in [-0.2, -0.15) is 0 Å². The van der Waals surface area contributed by atoms with Gasteiger partial charge in [-0.25, -0.2) is 13.1 Å². The molecular weight excluding hydrogens is 286 g/mol. The molecule has 5 nitrogen and oxygen atoms in total. The van der Waals surface area contributed by atoms with Gasteiger partial charge in [0.1, 0.15) is 4.90 Å². The molecule has 1 aromatic carbocycles. The highest BCUT2D eigenvalue weighted by atomic mass is 32.2. The lowest BCUT2D eigenvalue weighted by atomic mass is 10.2. The Hall–Kier alpha value is -1.11. The first-order chi connectivity index (χ1) is 9.94. The predicted octanol–water partition coefficient (Wildman–Crippen LogP) is 2.13. The lowest BCUT2D eigenvalue weighted by Crippen LogP contribution is -2.35. The van der Waals surface area contributed by atoms with Crippen LogP contribution in [0.2, 0.25) is 0 Å². The van der Waals surface area contributed by atoms with Crippen LogP contribution in [0, 0.1) is 0 Å². The number of likely N-dealkylation sites (N-methyl/N-ethyl adjacent to an activating group) is 1. The van der Waals surface area contributed by atoms with Crippen molar-refractivity contribution in [2.75, 3.05) is 31.5 Å². The van der Waals surface area contributed by atoms with Gasteiger partial charge in [-0.3, -0.25) is 0 Å². The third kappa shape index (κ3) is 5.30. The molecular formula is C15H27N3O2S. The van der Waals surface area contributed by atoms with Gasteiger partial charge in [-0.15, -0.1) is 0 Å². The SMILES string of the molecule is CCNS(=O)(=O)c1ccccc1NC(C)CN(CC)CC. The number of benzene rings is 1. The highest BCUT2D eigenvalue weighted by Crippen LogP contribution is 2.21. The highest BCUT2D eigenvalue weighted by molar-refractivity contribution is 7.89. The summed E-state index contributed by atoms with van der Waals surface area (Å²) < 4.78 is 27.0. The van der Waals surface area contributed by atoms with E-state index in [1.807, 2.05) is 12.1 Å². The van der Waals surface area contributed by atoms with E-state index in [9.17, 15) is 8.42 Å². The smallest absolute Gasteiger partial charge is 0.242 e. The fraction of sp³-hybridized carbons (Fsp3) is 0.600. The quantitative estimate of drug-likeness (QED) is 0.733. The number of hydrogen-bond donors (Lipinski definition) is 2. The van der Waals surface area contributed by atoms with Crippen LogP contribution in [0.4, 0.5) is 5.69 Å². The number of nitrogens with one attached hydrogen (secondary N) is 2. The van der Waals surface area contributed by atoms with E-state index in [-0.39, 0.29) is 6.04 Å². The number of anilines is 1. The largest absolute Gasteiger partial charge is 0.380 e. The maximum atomic E-state index is 12.2. The van der Waals surface area contributed by atoms with Gasteiger partial charge in [0.2, 0.25) is 10.0 Å². The lowest BCUT2D eigenvalue weighted by molar-refractivity contribution is 0.294. The van der Waals surface area contributed by atoms with Crippen molar-refractivity contribution in [2.24, 2.45) is 0 Å². The summed E-state index contributed by atoms with van der Waals surface area (Å²) in [5.41, 5.74) is 0.651. The minimum atomic E-state index is -3.45. The molecule has 0 aliphatic rings. The molecule has 0 heterocycles. The molecule has 0 aromatic heterocycles. The van der Waals surface area contributed by atoms with E-state index in [0.29, 0.717) is 17.1 Å². The second-order valence-electron chi connectivity index (χ2n) is 5.03. The third-order valence-electron chi connectivity index (χ3n) is 3.34. The normalized spacial score (nSPS) is 13.4. The summed E-state index contributed by atoms with van der Waals surface area (Å²) in [6.07, 6.45) is 0. The zero-order chi connectivity index (χ0) is 15.9. The number of rotatable bonds is 9. The van der Waals surface area contributed by atoms with E-state index < -0.39 is 10.0 Å². The van der Waals surface area contributed by atoms with Crippen LogP contribution < -0.4 is 10.0 Å². The molecule has 120 valence electrons. The molecule has 1 rings (SSSR count). The van der Waals surface area contributed by atoms with Gasteiger partial charge in [-0.1, -0.05) is 32.9 Å². The van der Waals surface area contributed by atoms with Crippen LogP contribution in [0.3, 0.4) is 0 Å². The fourth-order valence-electron chi connectivity index (χ4n) is 2.27. The zero-order valence-electron chi connectivity index (χ0n) is 13.4. The number of sulfonamides is 1. The van der Waals surface area contributed by atoms with Crippen molar-refractivity contribution in [3.8, 4) is 0 Å². The van der Waals surface area contributed by atoms with Crippen molar-refractivity contribution in [1.82, 2.24) is 9.62 Å². The molecule has 2 N–H and O–H groups in total. The van der Waals surface area contributed by atoms with E-state index >= 15 is 0 Å². The third-order valence-corrected chi connectivity index (χ3v) is 4.94. The summed E-state index contributed by atoms with van der Waals surface area (Å²) in [4.78, 5) is 2.61. The second kappa shape index (κ2) is 8.36. The van der Waals surface area contributed by atoms with Gasteiger partial charge < -0.3 is 10.2 Å². The Morgan fingerprint density at radius 1 is 1.14 bits per heavy atom. The number of para-hydroxylation sites is 1. The zero-order valence-corrected chi connectivity index (χ0v) is 14.2. The van der Waals surface area contributed by atoms with Crippen molar-refractivity contribution < 1.29 is 8.42 Å². The van der Waals surface area contributed by atoms with Crippen LogP contribution in [0.25, 0.3) is 0 Å². The first kappa shape index (κ1) is 17.9. The standard InChI is InChI=1S/C15H27N3O2S/c1-5-16-21(19,20)15-11-9-8-10-14(15)17-13(4)12-18(6-2)7-3/h8-11,13,16-17H,5-7,12H2,1-4H3. The minimum Gasteiger partial charge on any atom is -0.380 e. The van der Waals surface area contributed by atoms with Crippen LogP contribution in [0.1, 0.15) is 27.7 Å². The van der Waals surface area contributed by atoms with Gasteiger partial charge in [0.25, 0.3) is 0 Å². The Labute approximate surface area is 128 Å². The summed E-state index contributed by atoms with van der Waals surface area (Å²) >= 11 is 0. The molecule has 0 radical (unpaired) electrons. The maximum Gasteiger partial charge on any atom is 0.242 e. The van der Waals surface area contributed by atoms with Gasteiger partial charge in [0.15, 0.2) is 0 Å². The maximum absolute atomic E-state index is 12.2.